The first-order valence-electron chi connectivity index (χ1n) is 7.10. The highest BCUT2D eigenvalue weighted by Gasteiger charge is 2.31. The van der Waals surface area contributed by atoms with Crippen LogP contribution in [-0.4, -0.2) is 29.8 Å². The molecule has 0 aliphatic heterocycles. The molecule has 0 aliphatic carbocycles. The molecule has 10 heteroatoms. The lowest BCUT2D eigenvalue weighted by Gasteiger charge is -2.15. The number of alkyl halides is 3. The van der Waals surface area contributed by atoms with Gasteiger partial charge in [0.05, 0.1) is 21.1 Å². The van der Waals surface area contributed by atoms with Crippen molar-refractivity contribution in [3.05, 3.63) is 62.7 Å². The topological polar surface area (TPSA) is 79.5 Å². The molecule has 138 valence electrons. The van der Waals surface area contributed by atoms with Crippen LogP contribution in [0.15, 0.2) is 36.4 Å². The molecule has 26 heavy (non-hydrogen) atoms. The minimum absolute atomic E-state index is 0.000495. The fourth-order valence-corrected chi connectivity index (χ4v) is 2.27. The van der Waals surface area contributed by atoms with Crippen molar-refractivity contribution in [2.45, 2.75) is 6.18 Å². The van der Waals surface area contributed by atoms with E-state index in [1.54, 1.807) is 14.1 Å². The van der Waals surface area contributed by atoms with Crippen LogP contribution in [0.25, 0.3) is 0 Å². The normalized spacial score (nSPS) is 11.2. The summed E-state index contributed by atoms with van der Waals surface area (Å²) in [5, 5.41) is 18.8. The van der Waals surface area contributed by atoms with E-state index >= 15 is 0 Å². The van der Waals surface area contributed by atoms with Crippen molar-refractivity contribution >= 4 is 23.1 Å². The number of nitro benzene ring substituents is 1. The molecule has 0 radical (unpaired) electrons. The maximum atomic E-state index is 12.7. The van der Waals surface area contributed by atoms with Crippen molar-refractivity contribution in [2.75, 3.05) is 14.1 Å². The van der Waals surface area contributed by atoms with E-state index in [-0.39, 0.29) is 33.6 Å². The lowest BCUT2D eigenvalue weighted by molar-refractivity contribution is -0.385. The quantitative estimate of drug-likeness (QED) is 0.348. The third kappa shape index (κ3) is 4.23. The average Bonchev–Trinajstić information content (AvgIpc) is 2.54. The van der Waals surface area contributed by atoms with Gasteiger partial charge in [0.25, 0.3) is 5.69 Å². The van der Waals surface area contributed by atoms with Gasteiger partial charge in [-0.05, 0) is 30.3 Å². The Hall–Kier alpha value is -2.81. The Morgan fingerprint density at radius 1 is 1.23 bits per heavy atom. The van der Waals surface area contributed by atoms with Crippen molar-refractivity contribution in [1.29, 1.82) is 5.41 Å². The molecule has 0 spiro atoms. The zero-order chi connectivity index (χ0) is 19.6. The number of benzene rings is 2. The van der Waals surface area contributed by atoms with E-state index in [0.717, 1.165) is 24.3 Å². The highest BCUT2D eigenvalue weighted by Crippen LogP contribution is 2.37. The van der Waals surface area contributed by atoms with Gasteiger partial charge in [-0.25, -0.2) is 0 Å². The summed E-state index contributed by atoms with van der Waals surface area (Å²) in [6.45, 7) is 0. The molecule has 6 nitrogen and oxygen atoms in total. The average molecular weight is 388 g/mol. The monoisotopic (exact) mass is 387 g/mol. The van der Waals surface area contributed by atoms with Gasteiger partial charge in [-0.3, -0.25) is 15.5 Å². The van der Waals surface area contributed by atoms with Crippen LogP contribution in [0.1, 0.15) is 11.1 Å². The summed E-state index contributed by atoms with van der Waals surface area (Å²) in [5.41, 5.74) is -1.22. The molecule has 0 aliphatic rings. The maximum Gasteiger partial charge on any atom is 0.416 e. The Bertz CT molecular complexity index is 870. The number of hydrogen-bond donors (Lipinski definition) is 1. The van der Waals surface area contributed by atoms with Crippen LogP contribution in [-0.2, 0) is 6.18 Å². The lowest BCUT2D eigenvalue weighted by Crippen LogP contribution is -2.22. The zero-order valence-corrected chi connectivity index (χ0v) is 14.4. The highest BCUT2D eigenvalue weighted by molar-refractivity contribution is 6.32. The number of amidine groups is 1. The van der Waals surface area contributed by atoms with Crippen LogP contribution >= 0.6 is 11.6 Å². The molecule has 2 aromatic carbocycles. The van der Waals surface area contributed by atoms with Crippen molar-refractivity contribution in [3.8, 4) is 11.5 Å². The van der Waals surface area contributed by atoms with Gasteiger partial charge in [-0.2, -0.15) is 13.2 Å². The van der Waals surface area contributed by atoms with Crippen molar-refractivity contribution in [2.24, 2.45) is 0 Å². The number of nitrogens with one attached hydrogen (secondary N) is 1. The molecule has 1 N–H and O–H groups in total. The fraction of sp³-hybridized carbons (Fsp3) is 0.188. The molecule has 0 amide bonds. The van der Waals surface area contributed by atoms with E-state index in [4.69, 9.17) is 21.7 Å². The predicted molar refractivity (Wildman–Crippen MR) is 90.1 cm³/mol. The molecular weight excluding hydrogens is 375 g/mol. The molecule has 0 saturated carbocycles. The Morgan fingerprint density at radius 2 is 1.88 bits per heavy atom. The summed E-state index contributed by atoms with van der Waals surface area (Å²) < 4.78 is 43.5. The Balaban J connectivity index is 2.40. The van der Waals surface area contributed by atoms with Gasteiger partial charge in [0, 0.05) is 20.2 Å². The second kappa shape index (κ2) is 7.20. The number of rotatable bonds is 4. The van der Waals surface area contributed by atoms with Gasteiger partial charge in [0.15, 0.2) is 0 Å². The molecule has 0 heterocycles. The number of hydrogen-bond acceptors (Lipinski definition) is 4. The Labute approximate surface area is 151 Å². The first kappa shape index (κ1) is 19.5. The summed E-state index contributed by atoms with van der Waals surface area (Å²) in [7, 11) is 3.10. The predicted octanol–water partition coefficient (Wildman–Crippen LogP) is 4.95. The van der Waals surface area contributed by atoms with Crippen LogP contribution in [0.2, 0.25) is 5.02 Å². The molecular formula is C16H13ClF3N3O3. The smallest absolute Gasteiger partial charge is 0.416 e. The van der Waals surface area contributed by atoms with E-state index in [9.17, 15) is 23.3 Å². The third-order valence-electron chi connectivity index (χ3n) is 3.35. The van der Waals surface area contributed by atoms with Crippen LogP contribution in [0.4, 0.5) is 18.9 Å². The molecule has 0 saturated heterocycles. The van der Waals surface area contributed by atoms with Crippen LogP contribution in [0.5, 0.6) is 11.5 Å². The standard InChI is InChI=1S/C16H13ClF3N3O3/c1-22(2)15(21)11-8-10(4-5-13(11)23(24)25)26-14-6-3-9(7-12(14)17)16(18,19)20/h3-8,21H,1-2H3. The summed E-state index contributed by atoms with van der Waals surface area (Å²) >= 11 is 5.84. The van der Waals surface area contributed by atoms with Crippen molar-refractivity contribution < 1.29 is 22.8 Å². The Kier molecular flexibility index (Phi) is 5.41. The molecule has 0 aromatic heterocycles. The maximum absolute atomic E-state index is 12.7. The summed E-state index contributed by atoms with van der Waals surface area (Å²) in [6, 6.07) is 6.29. The van der Waals surface area contributed by atoms with E-state index in [2.05, 4.69) is 0 Å². The van der Waals surface area contributed by atoms with E-state index < -0.39 is 16.7 Å². The van der Waals surface area contributed by atoms with Crippen LogP contribution < -0.4 is 4.74 Å². The van der Waals surface area contributed by atoms with Gasteiger partial charge in [-0.1, -0.05) is 11.6 Å². The molecule has 2 rings (SSSR count). The highest BCUT2D eigenvalue weighted by atomic mass is 35.5. The van der Waals surface area contributed by atoms with Gasteiger partial charge in [0.1, 0.15) is 17.3 Å². The van der Waals surface area contributed by atoms with E-state index in [1.807, 2.05) is 0 Å². The first-order valence-corrected chi connectivity index (χ1v) is 7.47. The number of halogens is 4. The molecule has 0 unspecified atom stereocenters. The number of nitrogens with zero attached hydrogens (tertiary/aromatic N) is 2. The fourth-order valence-electron chi connectivity index (χ4n) is 2.06. The van der Waals surface area contributed by atoms with Gasteiger partial charge < -0.3 is 9.64 Å². The molecule has 0 atom stereocenters. The van der Waals surface area contributed by atoms with Gasteiger partial charge >= 0.3 is 6.18 Å². The van der Waals surface area contributed by atoms with E-state index in [1.165, 1.54) is 17.0 Å². The third-order valence-corrected chi connectivity index (χ3v) is 3.65. The van der Waals surface area contributed by atoms with Gasteiger partial charge in [0.2, 0.25) is 0 Å². The SMILES string of the molecule is CN(C)C(=N)c1cc(Oc2ccc(C(F)(F)F)cc2Cl)ccc1[N+](=O)[O-]. The molecule has 2 aromatic rings. The second-order valence-electron chi connectivity index (χ2n) is 5.42. The lowest BCUT2D eigenvalue weighted by atomic mass is 10.1. The number of ether oxygens (including phenoxy) is 1. The van der Waals surface area contributed by atoms with E-state index in [0.29, 0.717) is 0 Å². The first-order chi connectivity index (χ1) is 12.0. The van der Waals surface area contributed by atoms with Crippen molar-refractivity contribution in [1.82, 2.24) is 4.90 Å². The summed E-state index contributed by atoms with van der Waals surface area (Å²) in [6.07, 6.45) is -4.54. The molecule has 0 fully saturated rings. The second-order valence-corrected chi connectivity index (χ2v) is 5.83. The summed E-state index contributed by atoms with van der Waals surface area (Å²) in [5.74, 6) is -0.0737. The Morgan fingerprint density at radius 3 is 2.38 bits per heavy atom. The molecule has 0 bridgehead atoms. The van der Waals surface area contributed by atoms with Gasteiger partial charge in [-0.15, -0.1) is 0 Å². The minimum Gasteiger partial charge on any atom is -0.456 e. The minimum atomic E-state index is -4.54. The largest absolute Gasteiger partial charge is 0.456 e. The van der Waals surface area contributed by atoms with Crippen molar-refractivity contribution in [3.63, 3.8) is 0 Å². The van der Waals surface area contributed by atoms with Crippen LogP contribution in [0.3, 0.4) is 0 Å². The number of nitro groups is 1. The van der Waals surface area contributed by atoms with Crippen LogP contribution in [0, 0.1) is 15.5 Å². The summed E-state index contributed by atoms with van der Waals surface area (Å²) in [4.78, 5) is 11.9. The zero-order valence-electron chi connectivity index (χ0n) is 13.6.